The quantitative estimate of drug-likeness (QED) is 0.175. The van der Waals surface area contributed by atoms with E-state index >= 15 is 0 Å². The van der Waals surface area contributed by atoms with Crippen LogP contribution in [0.1, 0.15) is 27.4 Å². The molecule has 0 unspecified atom stereocenters. The summed E-state index contributed by atoms with van der Waals surface area (Å²) < 4.78 is 6.20. The Kier molecular flexibility index (Phi) is 6.95. The minimum absolute atomic E-state index is 0.255. The molecule has 1 fully saturated rings. The molecule has 2 N–H and O–H groups in total. The fourth-order valence-corrected chi connectivity index (χ4v) is 4.01. The highest BCUT2D eigenvalue weighted by Gasteiger charge is 2.40. The Balaban J connectivity index is 1.39. The zero-order chi connectivity index (χ0) is 23.2. The third kappa shape index (κ3) is 5.53. The minimum Gasteiger partial charge on any atom is -0.423 e. The second-order valence-corrected chi connectivity index (χ2v) is 8.36. The predicted octanol–water partition coefficient (Wildman–Crippen LogP) is 3.65. The van der Waals surface area contributed by atoms with Crippen molar-refractivity contribution in [1.82, 2.24) is 10.7 Å². The Morgan fingerprint density at radius 3 is 2.61 bits per heavy atom. The molecule has 33 heavy (non-hydrogen) atoms. The summed E-state index contributed by atoms with van der Waals surface area (Å²) >= 11 is 3.33. The van der Waals surface area contributed by atoms with E-state index in [1.54, 1.807) is 42.5 Å². The number of hydrogen-bond donors (Lipinski definition) is 2. The van der Waals surface area contributed by atoms with Crippen LogP contribution >= 0.6 is 15.9 Å². The fourth-order valence-electron chi connectivity index (χ4n) is 3.61. The maximum absolute atomic E-state index is 12.7. The Bertz CT molecular complexity index is 1210. The highest BCUT2D eigenvalue weighted by Crippen LogP contribution is 2.29. The predicted molar refractivity (Wildman–Crippen MR) is 127 cm³/mol. The van der Waals surface area contributed by atoms with Crippen LogP contribution in [0.2, 0.25) is 0 Å². The van der Waals surface area contributed by atoms with Gasteiger partial charge in [-0.3, -0.25) is 9.59 Å². The van der Waals surface area contributed by atoms with Crippen molar-refractivity contribution in [3.8, 4) is 5.75 Å². The van der Waals surface area contributed by atoms with Gasteiger partial charge in [0.2, 0.25) is 5.91 Å². The number of carbonyl (C=O) groups is 3. The first-order valence-electron chi connectivity index (χ1n) is 10.2. The molecule has 1 aliphatic rings. The van der Waals surface area contributed by atoms with Crippen molar-refractivity contribution in [1.29, 1.82) is 0 Å². The Hall–Kier alpha value is -3.78. The van der Waals surface area contributed by atoms with Crippen molar-refractivity contribution in [2.75, 3.05) is 6.54 Å². The lowest BCUT2D eigenvalue weighted by molar-refractivity contribution is -0.133. The first kappa shape index (κ1) is 22.4. The van der Waals surface area contributed by atoms with Crippen molar-refractivity contribution in [2.24, 2.45) is 11.0 Å². The maximum Gasteiger partial charge on any atom is 0.343 e. The Morgan fingerprint density at radius 2 is 1.82 bits per heavy atom. The number of benzene rings is 3. The lowest BCUT2D eigenvalue weighted by Gasteiger charge is -2.15. The van der Waals surface area contributed by atoms with E-state index < -0.39 is 17.8 Å². The molecule has 0 spiro atoms. The molecule has 2 amide bonds. The van der Waals surface area contributed by atoms with Gasteiger partial charge in [0.15, 0.2) is 0 Å². The van der Waals surface area contributed by atoms with Gasteiger partial charge < -0.3 is 10.1 Å². The molecule has 7 nitrogen and oxygen atoms in total. The van der Waals surface area contributed by atoms with Gasteiger partial charge in [-0.2, -0.15) is 5.10 Å². The highest BCUT2D eigenvalue weighted by molar-refractivity contribution is 9.10. The average Bonchev–Trinajstić information content (AvgIpc) is 3.21. The zero-order valence-corrected chi connectivity index (χ0v) is 19.0. The van der Waals surface area contributed by atoms with Gasteiger partial charge in [0.1, 0.15) is 11.7 Å². The molecule has 2 atom stereocenters. The van der Waals surface area contributed by atoms with E-state index in [4.69, 9.17) is 4.74 Å². The number of hydrazone groups is 1. The number of rotatable bonds is 6. The van der Waals surface area contributed by atoms with Crippen LogP contribution in [0.15, 0.2) is 88.4 Å². The van der Waals surface area contributed by atoms with Gasteiger partial charge in [0.05, 0.1) is 11.8 Å². The largest absolute Gasteiger partial charge is 0.423 e. The van der Waals surface area contributed by atoms with Gasteiger partial charge in [-0.05, 0) is 41.5 Å². The molecule has 1 aliphatic heterocycles. The smallest absolute Gasteiger partial charge is 0.343 e. The molecular weight excluding hydrogens is 486 g/mol. The van der Waals surface area contributed by atoms with Crippen LogP contribution in [-0.2, 0) is 9.59 Å². The molecule has 166 valence electrons. The van der Waals surface area contributed by atoms with Crippen LogP contribution in [0.4, 0.5) is 0 Å². The maximum atomic E-state index is 12.7. The van der Waals surface area contributed by atoms with E-state index in [0.29, 0.717) is 23.4 Å². The molecule has 3 aromatic rings. The van der Waals surface area contributed by atoms with E-state index in [0.717, 1.165) is 10.0 Å². The number of carbonyl (C=O) groups excluding carboxylic acids is 3. The van der Waals surface area contributed by atoms with Crippen LogP contribution in [0, 0.1) is 5.92 Å². The topological polar surface area (TPSA) is 96.9 Å². The van der Waals surface area contributed by atoms with Gasteiger partial charge in [-0.15, -0.1) is 0 Å². The summed E-state index contributed by atoms with van der Waals surface area (Å²) in [4.78, 5) is 37.2. The molecule has 0 saturated carbocycles. The summed E-state index contributed by atoms with van der Waals surface area (Å²) in [5, 5.41) is 6.73. The summed E-state index contributed by atoms with van der Waals surface area (Å²) in [5.41, 5.74) is 4.40. The van der Waals surface area contributed by atoms with Gasteiger partial charge >= 0.3 is 5.97 Å². The molecule has 0 aromatic heterocycles. The molecule has 0 radical (unpaired) electrons. The average molecular weight is 506 g/mol. The number of ether oxygens (including phenoxy) is 1. The molecule has 0 bridgehead atoms. The normalized spacial score (nSPS) is 17.5. The van der Waals surface area contributed by atoms with E-state index in [1.165, 1.54) is 6.21 Å². The third-order valence-electron chi connectivity index (χ3n) is 5.21. The number of nitrogens with one attached hydrogen (secondary N) is 2. The first-order chi connectivity index (χ1) is 16.0. The summed E-state index contributed by atoms with van der Waals surface area (Å²) in [6.07, 6.45) is 1.43. The summed E-state index contributed by atoms with van der Waals surface area (Å²) in [6, 6.07) is 23.1. The molecular formula is C25H20BrN3O4. The Labute approximate surface area is 199 Å². The van der Waals surface area contributed by atoms with Crippen LogP contribution < -0.4 is 15.5 Å². The second kappa shape index (κ2) is 10.2. The van der Waals surface area contributed by atoms with Crippen LogP contribution in [0.5, 0.6) is 5.75 Å². The van der Waals surface area contributed by atoms with Crippen molar-refractivity contribution >= 4 is 39.9 Å². The first-order valence-corrected chi connectivity index (χ1v) is 11.0. The summed E-state index contributed by atoms with van der Waals surface area (Å²) in [6.45, 7) is 0.399. The van der Waals surface area contributed by atoms with Crippen LogP contribution in [-0.4, -0.2) is 30.5 Å². The molecule has 3 aromatic carbocycles. The van der Waals surface area contributed by atoms with Crippen molar-refractivity contribution in [3.05, 3.63) is 100 Å². The monoisotopic (exact) mass is 505 g/mol. The van der Waals surface area contributed by atoms with Crippen molar-refractivity contribution < 1.29 is 19.1 Å². The van der Waals surface area contributed by atoms with E-state index in [-0.39, 0.29) is 11.8 Å². The number of amides is 2. The fraction of sp³-hybridized carbons (Fsp3) is 0.120. The van der Waals surface area contributed by atoms with E-state index in [2.05, 4.69) is 31.8 Å². The summed E-state index contributed by atoms with van der Waals surface area (Å²) in [5.74, 6) is -2.06. The molecule has 8 heteroatoms. The van der Waals surface area contributed by atoms with Crippen molar-refractivity contribution in [2.45, 2.75) is 5.92 Å². The number of halogens is 1. The lowest BCUT2D eigenvalue weighted by atomic mass is 9.88. The number of nitrogens with zero attached hydrogens (tertiary/aromatic N) is 1. The number of esters is 1. The molecule has 4 rings (SSSR count). The Morgan fingerprint density at radius 1 is 1.03 bits per heavy atom. The lowest BCUT2D eigenvalue weighted by Crippen LogP contribution is -2.34. The molecule has 1 heterocycles. The van der Waals surface area contributed by atoms with E-state index in [9.17, 15) is 14.4 Å². The van der Waals surface area contributed by atoms with Gasteiger partial charge in [0, 0.05) is 16.9 Å². The second-order valence-electron chi connectivity index (χ2n) is 7.45. The third-order valence-corrected chi connectivity index (χ3v) is 5.70. The van der Waals surface area contributed by atoms with Gasteiger partial charge in [0.25, 0.3) is 5.91 Å². The van der Waals surface area contributed by atoms with Crippen LogP contribution in [0.25, 0.3) is 0 Å². The highest BCUT2D eigenvalue weighted by atomic mass is 79.9. The SMILES string of the molecule is O=C(Oc1cccc(C=NNC(=O)[C@H]2C(=O)NC[C@@H]2c2ccccc2)c1)c1cccc(Br)c1. The molecule has 0 aliphatic carbocycles. The molecule has 1 saturated heterocycles. The van der Waals surface area contributed by atoms with Crippen LogP contribution in [0.3, 0.4) is 0 Å². The van der Waals surface area contributed by atoms with Crippen molar-refractivity contribution in [3.63, 3.8) is 0 Å². The standard InChI is InChI=1S/C25H20BrN3O4/c26-19-10-5-9-18(13-19)25(32)33-20-11-4-6-16(12-20)14-28-29-24(31)22-21(15-27-23(22)30)17-7-2-1-3-8-17/h1-14,21-22H,15H2,(H,27,30)(H,29,31)/t21-,22-/m1/s1. The van der Waals surface area contributed by atoms with Gasteiger partial charge in [-0.25, -0.2) is 10.2 Å². The van der Waals surface area contributed by atoms with E-state index in [1.807, 2.05) is 36.4 Å². The zero-order valence-electron chi connectivity index (χ0n) is 17.4. The minimum atomic E-state index is -0.859. The number of hydrogen-bond acceptors (Lipinski definition) is 5. The van der Waals surface area contributed by atoms with Gasteiger partial charge in [-0.1, -0.05) is 64.5 Å². The summed E-state index contributed by atoms with van der Waals surface area (Å²) in [7, 11) is 0.